The molecule has 0 radical (unpaired) electrons. The van der Waals surface area contributed by atoms with Crippen molar-refractivity contribution in [1.82, 2.24) is 30.1 Å². The van der Waals surface area contributed by atoms with Crippen LogP contribution in [0.1, 0.15) is 44.0 Å². The SMILES string of the molecule is CC(C)NC(=O)O[C@H]1CC[C@@H](c2cc(Nc3nccn4nc(CC(F)(F)F)cc34)n[nH]2)[C@@H]1F. The molecule has 4 rings (SSSR count). The van der Waals surface area contributed by atoms with Gasteiger partial charge in [0.2, 0.25) is 0 Å². The highest BCUT2D eigenvalue weighted by molar-refractivity contribution is 5.72. The number of rotatable bonds is 6. The van der Waals surface area contributed by atoms with Crippen LogP contribution >= 0.6 is 0 Å². The van der Waals surface area contributed by atoms with Gasteiger partial charge in [-0.3, -0.25) is 5.10 Å². The van der Waals surface area contributed by atoms with Crippen molar-refractivity contribution in [2.75, 3.05) is 5.32 Å². The van der Waals surface area contributed by atoms with Crippen LogP contribution in [0.3, 0.4) is 0 Å². The van der Waals surface area contributed by atoms with Gasteiger partial charge in [0.25, 0.3) is 0 Å². The minimum Gasteiger partial charge on any atom is -0.443 e. The van der Waals surface area contributed by atoms with Crippen LogP contribution in [0.15, 0.2) is 24.5 Å². The molecule has 13 heteroatoms. The van der Waals surface area contributed by atoms with E-state index < -0.39 is 36.9 Å². The summed E-state index contributed by atoms with van der Waals surface area (Å²) in [5, 5.41) is 16.3. The van der Waals surface area contributed by atoms with Crippen molar-refractivity contribution in [3.05, 3.63) is 35.9 Å². The maximum atomic E-state index is 14.9. The number of nitrogens with one attached hydrogen (secondary N) is 3. The number of halogens is 4. The third-order valence-corrected chi connectivity index (χ3v) is 5.23. The molecule has 0 unspecified atom stereocenters. The molecule has 1 fully saturated rings. The fourth-order valence-electron chi connectivity index (χ4n) is 3.85. The Labute approximate surface area is 185 Å². The van der Waals surface area contributed by atoms with Gasteiger partial charge in [0.15, 0.2) is 11.6 Å². The second-order valence-electron chi connectivity index (χ2n) is 8.24. The summed E-state index contributed by atoms with van der Waals surface area (Å²) in [5.74, 6) is 0.0339. The number of ether oxygens (including phenoxy) is 1. The third kappa shape index (κ3) is 5.34. The predicted molar refractivity (Wildman–Crippen MR) is 110 cm³/mol. The molecule has 3 aromatic rings. The summed E-state index contributed by atoms with van der Waals surface area (Å²) >= 11 is 0. The normalized spacial score (nSPS) is 21.0. The van der Waals surface area contributed by atoms with Crippen LogP contribution < -0.4 is 10.6 Å². The summed E-state index contributed by atoms with van der Waals surface area (Å²) in [7, 11) is 0. The molecule has 0 saturated heterocycles. The summed E-state index contributed by atoms with van der Waals surface area (Å²) in [4.78, 5) is 15.9. The third-order valence-electron chi connectivity index (χ3n) is 5.23. The zero-order chi connectivity index (χ0) is 23.8. The quantitative estimate of drug-likeness (QED) is 0.471. The van der Waals surface area contributed by atoms with E-state index in [1.807, 2.05) is 0 Å². The topological polar surface area (TPSA) is 109 Å². The van der Waals surface area contributed by atoms with Crippen LogP contribution in [0.5, 0.6) is 0 Å². The van der Waals surface area contributed by atoms with E-state index in [0.717, 1.165) is 0 Å². The maximum absolute atomic E-state index is 14.9. The molecule has 3 N–H and O–H groups in total. The number of alkyl halides is 4. The van der Waals surface area contributed by atoms with Gasteiger partial charge in [0.1, 0.15) is 17.8 Å². The second-order valence-corrected chi connectivity index (χ2v) is 8.24. The van der Waals surface area contributed by atoms with Gasteiger partial charge in [0, 0.05) is 36.1 Å². The van der Waals surface area contributed by atoms with Gasteiger partial charge in [0.05, 0.1) is 12.1 Å². The smallest absolute Gasteiger partial charge is 0.407 e. The van der Waals surface area contributed by atoms with Crippen LogP contribution in [-0.4, -0.2) is 55.4 Å². The van der Waals surface area contributed by atoms with Crippen molar-refractivity contribution < 1.29 is 27.1 Å². The Hall–Kier alpha value is -3.38. The second kappa shape index (κ2) is 8.87. The van der Waals surface area contributed by atoms with E-state index in [-0.39, 0.29) is 17.6 Å². The Kier molecular flexibility index (Phi) is 6.13. The zero-order valence-corrected chi connectivity index (χ0v) is 17.9. The van der Waals surface area contributed by atoms with E-state index in [1.165, 1.54) is 23.0 Å². The highest BCUT2D eigenvalue weighted by Crippen LogP contribution is 2.38. The molecule has 3 heterocycles. The van der Waals surface area contributed by atoms with Crippen LogP contribution in [0.25, 0.3) is 5.52 Å². The van der Waals surface area contributed by atoms with Crippen molar-refractivity contribution in [1.29, 1.82) is 0 Å². The number of carbonyl (C=O) groups is 1. The number of carbonyl (C=O) groups excluding carboxylic acids is 1. The number of hydrogen-bond acceptors (Lipinski definition) is 6. The van der Waals surface area contributed by atoms with Crippen LogP contribution in [0, 0.1) is 0 Å². The van der Waals surface area contributed by atoms with Gasteiger partial charge in [-0.15, -0.1) is 0 Å². The molecule has 3 atom stereocenters. The maximum Gasteiger partial charge on any atom is 0.407 e. The lowest BCUT2D eigenvalue weighted by atomic mass is 10.0. The standard InChI is InChI=1S/C20H23F4N7O2/c1-10(2)26-19(32)33-15-4-3-12(17(15)21)13-8-16(29-28-13)27-18-14-7-11(9-20(22,23)24)30-31(14)6-5-25-18/h5-8,10,12,15,17H,3-4,9H2,1-2H3,(H,26,32)(H2,25,27,28,29)/t12-,15-,17-/m0/s1. The Morgan fingerprint density at radius 3 is 2.85 bits per heavy atom. The predicted octanol–water partition coefficient (Wildman–Crippen LogP) is 4.02. The lowest BCUT2D eigenvalue weighted by molar-refractivity contribution is -0.127. The molecule has 1 aliphatic rings. The van der Waals surface area contributed by atoms with Crippen molar-refractivity contribution in [2.45, 2.75) is 63.5 Å². The van der Waals surface area contributed by atoms with E-state index in [1.54, 1.807) is 19.9 Å². The number of anilines is 2. The lowest BCUT2D eigenvalue weighted by Gasteiger charge is -2.18. The largest absolute Gasteiger partial charge is 0.443 e. The van der Waals surface area contributed by atoms with Gasteiger partial charge < -0.3 is 15.4 Å². The van der Waals surface area contributed by atoms with E-state index in [2.05, 4.69) is 30.9 Å². The van der Waals surface area contributed by atoms with Crippen molar-refractivity contribution >= 4 is 23.2 Å². The number of amides is 1. The minimum absolute atomic E-state index is 0.118. The van der Waals surface area contributed by atoms with Gasteiger partial charge in [-0.1, -0.05) is 0 Å². The number of hydrogen-bond donors (Lipinski definition) is 3. The molecule has 178 valence electrons. The average molecular weight is 469 g/mol. The average Bonchev–Trinajstić information content (AvgIpc) is 3.40. The van der Waals surface area contributed by atoms with Gasteiger partial charge in [-0.25, -0.2) is 18.7 Å². The lowest BCUT2D eigenvalue weighted by Crippen LogP contribution is -2.36. The molecule has 1 saturated carbocycles. The van der Waals surface area contributed by atoms with Gasteiger partial charge >= 0.3 is 12.3 Å². The Morgan fingerprint density at radius 2 is 2.12 bits per heavy atom. The van der Waals surface area contributed by atoms with Crippen LogP contribution in [-0.2, 0) is 11.2 Å². The molecule has 0 aliphatic heterocycles. The molecule has 9 nitrogen and oxygen atoms in total. The summed E-state index contributed by atoms with van der Waals surface area (Å²) in [6.45, 7) is 3.56. The monoisotopic (exact) mass is 469 g/mol. The first-order chi connectivity index (χ1) is 15.6. The molecular weight excluding hydrogens is 446 g/mol. The number of H-pyrrole nitrogens is 1. The highest BCUT2D eigenvalue weighted by atomic mass is 19.4. The van der Waals surface area contributed by atoms with Crippen molar-refractivity contribution in [3.8, 4) is 0 Å². The van der Waals surface area contributed by atoms with E-state index in [4.69, 9.17) is 4.74 Å². The molecule has 3 aromatic heterocycles. The summed E-state index contributed by atoms with van der Waals surface area (Å²) in [5.41, 5.74) is 0.716. The minimum atomic E-state index is -4.38. The molecule has 33 heavy (non-hydrogen) atoms. The Morgan fingerprint density at radius 1 is 1.33 bits per heavy atom. The van der Waals surface area contributed by atoms with E-state index in [9.17, 15) is 22.4 Å². The van der Waals surface area contributed by atoms with Crippen LogP contribution in [0.4, 0.5) is 34.0 Å². The number of alkyl carbamates (subject to hydrolysis) is 1. The fourth-order valence-corrected chi connectivity index (χ4v) is 3.85. The van der Waals surface area contributed by atoms with Crippen LogP contribution in [0.2, 0.25) is 0 Å². The zero-order valence-electron chi connectivity index (χ0n) is 17.9. The number of aromatic amines is 1. The summed E-state index contributed by atoms with van der Waals surface area (Å²) in [6.07, 6.45) is -4.78. The fraction of sp³-hybridized carbons (Fsp3) is 0.500. The molecule has 0 spiro atoms. The Bertz CT molecular complexity index is 1130. The molecule has 0 bridgehead atoms. The van der Waals surface area contributed by atoms with Gasteiger partial charge in [-0.2, -0.15) is 23.4 Å². The first kappa shape index (κ1) is 22.8. The van der Waals surface area contributed by atoms with E-state index >= 15 is 0 Å². The van der Waals surface area contributed by atoms with Gasteiger partial charge in [-0.05, 0) is 32.8 Å². The number of nitrogens with zero attached hydrogens (tertiary/aromatic N) is 4. The Balaban J connectivity index is 1.45. The highest BCUT2D eigenvalue weighted by Gasteiger charge is 2.41. The summed E-state index contributed by atoms with van der Waals surface area (Å²) < 4.78 is 59.5. The van der Waals surface area contributed by atoms with Crippen molar-refractivity contribution in [3.63, 3.8) is 0 Å². The first-order valence-corrected chi connectivity index (χ1v) is 10.4. The molecule has 1 amide bonds. The summed E-state index contributed by atoms with van der Waals surface area (Å²) in [6, 6.07) is 2.79. The number of aromatic nitrogens is 5. The van der Waals surface area contributed by atoms with Crippen molar-refractivity contribution in [2.24, 2.45) is 0 Å². The first-order valence-electron chi connectivity index (χ1n) is 10.4. The molecule has 0 aromatic carbocycles. The number of fused-ring (bicyclic) bond motifs is 1. The van der Waals surface area contributed by atoms with E-state index in [0.29, 0.717) is 29.9 Å². The molecule has 1 aliphatic carbocycles. The molecular formula is C20H23F4N7O2.